The van der Waals surface area contributed by atoms with E-state index < -0.39 is 5.60 Å². The fourth-order valence-electron chi connectivity index (χ4n) is 3.50. The normalized spacial score (nSPS) is 14.9. The van der Waals surface area contributed by atoms with Gasteiger partial charge >= 0.3 is 6.09 Å². The lowest BCUT2D eigenvalue weighted by Crippen LogP contribution is -2.50. The lowest BCUT2D eigenvalue weighted by molar-refractivity contribution is 0.00736. The molecule has 2 heterocycles. The molecule has 3 rings (SSSR count). The van der Waals surface area contributed by atoms with Crippen molar-refractivity contribution in [3.8, 4) is 11.1 Å². The summed E-state index contributed by atoms with van der Waals surface area (Å²) in [6, 6.07) is 12.5. The van der Waals surface area contributed by atoms with Crippen LogP contribution in [0.2, 0.25) is 0 Å². The second-order valence-electron chi connectivity index (χ2n) is 7.64. The lowest BCUT2D eigenvalue weighted by Gasteiger charge is -2.37. The highest BCUT2D eigenvalue weighted by Gasteiger charge is 2.28. The van der Waals surface area contributed by atoms with E-state index in [4.69, 9.17) is 4.74 Å². The Kier molecular flexibility index (Phi) is 5.99. The van der Waals surface area contributed by atoms with Gasteiger partial charge in [0.05, 0.1) is 0 Å². The second kappa shape index (κ2) is 8.42. The maximum atomic E-state index is 12.4. The molecule has 0 spiro atoms. The fraction of sp³-hybridized carbons (Fsp3) is 0.455. The Morgan fingerprint density at radius 3 is 2.37 bits per heavy atom. The maximum Gasteiger partial charge on any atom is 0.410 e. The molecule has 1 amide bonds. The summed E-state index contributed by atoms with van der Waals surface area (Å²) in [4.78, 5) is 20.7. The number of carbonyl (C=O) groups excluding carboxylic acids is 1. The van der Waals surface area contributed by atoms with Gasteiger partial charge in [0, 0.05) is 44.3 Å². The Labute approximate surface area is 162 Å². The zero-order valence-electron chi connectivity index (χ0n) is 16.5. The molecular formula is C22H29N3O2. The minimum atomic E-state index is -0.398. The zero-order valence-corrected chi connectivity index (χ0v) is 16.5. The SMILES string of the molecule is CCCC(C)(C)OC(=O)N1CCN(c2ccc(-c3cccnc3)cc2)CC1. The van der Waals surface area contributed by atoms with E-state index in [0.29, 0.717) is 13.1 Å². The van der Waals surface area contributed by atoms with Crippen LogP contribution in [0.5, 0.6) is 0 Å². The van der Waals surface area contributed by atoms with Gasteiger partial charge in [0.25, 0.3) is 0 Å². The van der Waals surface area contributed by atoms with E-state index in [-0.39, 0.29) is 6.09 Å². The number of hydrogen-bond acceptors (Lipinski definition) is 4. The summed E-state index contributed by atoms with van der Waals surface area (Å²) < 4.78 is 5.69. The van der Waals surface area contributed by atoms with Crippen molar-refractivity contribution in [2.75, 3.05) is 31.1 Å². The molecule has 0 atom stereocenters. The third-order valence-corrected chi connectivity index (χ3v) is 4.98. The summed E-state index contributed by atoms with van der Waals surface area (Å²) in [7, 11) is 0. The predicted molar refractivity (Wildman–Crippen MR) is 109 cm³/mol. The van der Waals surface area contributed by atoms with Gasteiger partial charge in [0.2, 0.25) is 0 Å². The van der Waals surface area contributed by atoms with Crippen LogP contribution >= 0.6 is 0 Å². The van der Waals surface area contributed by atoms with Crippen molar-refractivity contribution in [3.05, 3.63) is 48.8 Å². The molecule has 1 fully saturated rings. The summed E-state index contributed by atoms with van der Waals surface area (Å²) in [5.74, 6) is 0. The van der Waals surface area contributed by atoms with Crippen LogP contribution in [0.15, 0.2) is 48.8 Å². The van der Waals surface area contributed by atoms with E-state index >= 15 is 0 Å². The molecular weight excluding hydrogens is 338 g/mol. The highest BCUT2D eigenvalue weighted by Crippen LogP contribution is 2.24. The number of benzene rings is 1. The molecule has 0 N–H and O–H groups in total. The molecule has 0 aliphatic carbocycles. The molecule has 1 aliphatic rings. The monoisotopic (exact) mass is 367 g/mol. The van der Waals surface area contributed by atoms with E-state index in [1.165, 1.54) is 5.69 Å². The topological polar surface area (TPSA) is 45.7 Å². The summed E-state index contributed by atoms with van der Waals surface area (Å²) in [5.41, 5.74) is 3.06. The summed E-state index contributed by atoms with van der Waals surface area (Å²) in [6.45, 7) is 9.07. The van der Waals surface area contributed by atoms with Crippen LogP contribution in [0.25, 0.3) is 11.1 Å². The van der Waals surface area contributed by atoms with Crippen molar-refractivity contribution < 1.29 is 9.53 Å². The zero-order chi connectivity index (χ0) is 19.3. The second-order valence-corrected chi connectivity index (χ2v) is 7.64. The first kappa shape index (κ1) is 19.2. The number of carbonyl (C=O) groups is 1. The minimum Gasteiger partial charge on any atom is -0.443 e. The number of amides is 1. The first-order valence-electron chi connectivity index (χ1n) is 9.72. The molecule has 5 nitrogen and oxygen atoms in total. The van der Waals surface area contributed by atoms with Crippen molar-refractivity contribution in [2.24, 2.45) is 0 Å². The quantitative estimate of drug-likeness (QED) is 0.776. The standard InChI is InChI=1S/C22H29N3O2/c1-4-11-22(2,3)27-21(26)25-15-13-24(14-16-25)20-9-7-18(8-10-20)19-6-5-12-23-17-19/h5-10,12,17H,4,11,13-16H2,1-3H3. The Balaban J connectivity index is 1.55. The molecule has 1 aromatic heterocycles. The van der Waals surface area contributed by atoms with E-state index in [1.54, 1.807) is 6.20 Å². The molecule has 1 aromatic carbocycles. The number of aromatic nitrogens is 1. The lowest BCUT2D eigenvalue weighted by atomic mass is 10.0. The minimum absolute atomic E-state index is 0.194. The molecule has 5 heteroatoms. The van der Waals surface area contributed by atoms with Gasteiger partial charge in [0.1, 0.15) is 5.60 Å². The van der Waals surface area contributed by atoms with Crippen LogP contribution in [-0.2, 0) is 4.74 Å². The average molecular weight is 367 g/mol. The molecule has 27 heavy (non-hydrogen) atoms. The Morgan fingerprint density at radius 1 is 1.07 bits per heavy atom. The van der Waals surface area contributed by atoms with E-state index in [9.17, 15) is 4.79 Å². The van der Waals surface area contributed by atoms with Gasteiger partial charge in [-0.1, -0.05) is 31.5 Å². The predicted octanol–water partition coefficient (Wildman–Crippen LogP) is 4.59. The van der Waals surface area contributed by atoms with Gasteiger partial charge in [-0.3, -0.25) is 4.98 Å². The van der Waals surface area contributed by atoms with E-state index in [2.05, 4.69) is 47.1 Å². The number of ether oxygens (including phenoxy) is 1. The third kappa shape index (κ3) is 5.00. The van der Waals surface area contributed by atoms with E-state index in [1.807, 2.05) is 31.0 Å². The van der Waals surface area contributed by atoms with E-state index in [0.717, 1.165) is 37.1 Å². The summed E-state index contributed by atoms with van der Waals surface area (Å²) in [5, 5.41) is 0. The Hall–Kier alpha value is -2.56. The van der Waals surface area contributed by atoms with Gasteiger partial charge in [-0.15, -0.1) is 0 Å². The van der Waals surface area contributed by atoms with Crippen LogP contribution in [0.1, 0.15) is 33.6 Å². The molecule has 0 bridgehead atoms. The summed E-state index contributed by atoms with van der Waals surface area (Å²) >= 11 is 0. The van der Waals surface area contributed by atoms with Crippen LogP contribution in [0.3, 0.4) is 0 Å². The highest BCUT2D eigenvalue weighted by molar-refractivity contribution is 5.69. The molecule has 0 unspecified atom stereocenters. The molecule has 1 saturated heterocycles. The number of rotatable bonds is 5. The van der Waals surface area contributed by atoms with Crippen LogP contribution < -0.4 is 4.90 Å². The van der Waals surface area contributed by atoms with Gasteiger partial charge in [-0.2, -0.15) is 0 Å². The smallest absolute Gasteiger partial charge is 0.410 e. The number of hydrogen-bond donors (Lipinski definition) is 0. The molecule has 0 saturated carbocycles. The first-order chi connectivity index (χ1) is 13.0. The summed E-state index contributed by atoms with van der Waals surface area (Å²) in [6.07, 6.45) is 5.34. The van der Waals surface area contributed by atoms with Crippen LogP contribution in [-0.4, -0.2) is 47.8 Å². The van der Waals surface area contributed by atoms with Crippen molar-refractivity contribution in [3.63, 3.8) is 0 Å². The van der Waals surface area contributed by atoms with Gasteiger partial charge in [0.15, 0.2) is 0 Å². The number of nitrogens with zero attached hydrogens (tertiary/aromatic N) is 3. The van der Waals surface area contributed by atoms with Crippen molar-refractivity contribution in [2.45, 2.75) is 39.2 Å². The molecule has 2 aromatic rings. The van der Waals surface area contributed by atoms with Gasteiger partial charge in [-0.05, 0) is 49.6 Å². The van der Waals surface area contributed by atoms with Gasteiger partial charge < -0.3 is 14.5 Å². The number of piperazine rings is 1. The maximum absolute atomic E-state index is 12.4. The number of anilines is 1. The van der Waals surface area contributed by atoms with Crippen LogP contribution in [0.4, 0.5) is 10.5 Å². The first-order valence-corrected chi connectivity index (χ1v) is 9.72. The van der Waals surface area contributed by atoms with Crippen LogP contribution in [0, 0.1) is 0 Å². The molecule has 1 aliphatic heterocycles. The fourth-order valence-corrected chi connectivity index (χ4v) is 3.50. The third-order valence-electron chi connectivity index (χ3n) is 4.98. The van der Waals surface area contributed by atoms with Crippen molar-refractivity contribution in [1.82, 2.24) is 9.88 Å². The largest absolute Gasteiger partial charge is 0.443 e. The highest BCUT2D eigenvalue weighted by atomic mass is 16.6. The molecule has 0 radical (unpaired) electrons. The Bertz CT molecular complexity index is 736. The van der Waals surface area contributed by atoms with Crippen molar-refractivity contribution >= 4 is 11.8 Å². The number of pyridine rings is 1. The van der Waals surface area contributed by atoms with Gasteiger partial charge in [-0.25, -0.2) is 4.79 Å². The Morgan fingerprint density at radius 2 is 1.78 bits per heavy atom. The van der Waals surface area contributed by atoms with Crippen molar-refractivity contribution in [1.29, 1.82) is 0 Å². The molecule has 144 valence electrons. The average Bonchev–Trinajstić information content (AvgIpc) is 2.68.